The van der Waals surface area contributed by atoms with E-state index in [9.17, 15) is 0 Å². The van der Waals surface area contributed by atoms with Crippen LogP contribution in [0, 0.1) is 0 Å². The highest BCUT2D eigenvalue weighted by molar-refractivity contribution is 8.03. The first-order chi connectivity index (χ1) is 4.93. The fourth-order valence-corrected chi connectivity index (χ4v) is 2.16. The van der Waals surface area contributed by atoms with E-state index in [2.05, 4.69) is 24.8 Å². The molecule has 1 aliphatic carbocycles. The van der Waals surface area contributed by atoms with E-state index in [4.69, 9.17) is 0 Å². The zero-order chi connectivity index (χ0) is 7.23. The van der Waals surface area contributed by atoms with Crippen molar-refractivity contribution in [3.8, 4) is 0 Å². The van der Waals surface area contributed by atoms with E-state index < -0.39 is 0 Å². The van der Waals surface area contributed by atoms with Gasteiger partial charge in [-0.2, -0.15) is 0 Å². The Morgan fingerprint density at radius 1 is 1.50 bits per heavy atom. The number of hydrogen-bond donors (Lipinski definition) is 0. The van der Waals surface area contributed by atoms with Gasteiger partial charge in [-0.05, 0) is 42.8 Å². The van der Waals surface area contributed by atoms with E-state index in [0.29, 0.717) is 0 Å². The highest BCUT2D eigenvalue weighted by Crippen LogP contribution is 2.27. The first-order valence-corrected chi connectivity index (χ1v) is 5.24. The van der Waals surface area contributed by atoms with Gasteiger partial charge in [-0.15, -0.1) is 11.8 Å². The second-order valence-electron chi connectivity index (χ2n) is 2.76. The quantitative estimate of drug-likeness (QED) is 0.601. The van der Waals surface area contributed by atoms with Gasteiger partial charge in [0.15, 0.2) is 0 Å². The van der Waals surface area contributed by atoms with Crippen molar-refractivity contribution in [2.45, 2.75) is 39.0 Å². The summed E-state index contributed by atoms with van der Waals surface area (Å²) in [7, 11) is 0. The van der Waals surface area contributed by atoms with Crippen LogP contribution in [-0.4, -0.2) is 5.75 Å². The Morgan fingerprint density at radius 3 is 3.00 bits per heavy atom. The summed E-state index contributed by atoms with van der Waals surface area (Å²) in [6, 6.07) is 0. The van der Waals surface area contributed by atoms with Crippen molar-refractivity contribution in [3.63, 3.8) is 0 Å². The molecule has 0 saturated heterocycles. The molecule has 0 spiro atoms. The molecule has 1 heteroatoms. The molecule has 0 fully saturated rings. The highest BCUT2D eigenvalue weighted by Gasteiger charge is 2.02. The SMILES string of the molecule is CCCSC1=CCCCC1. The smallest absolute Gasteiger partial charge is 0.00260 e. The van der Waals surface area contributed by atoms with Crippen LogP contribution in [0.5, 0.6) is 0 Å². The molecule has 0 aromatic heterocycles. The molecule has 1 aliphatic rings. The van der Waals surface area contributed by atoms with Crippen LogP contribution in [-0.2, 0) is 0 Å². The molecule has 1 rings (SSSR count). The second kappa shape index (κ2) is 4.84. The molecule has 0 unspecified atom stereocenters. The molecular weight excluding hydrogens is 140 g/mol. The van der Waals surface area contributed by atoms with Crippen LogP contribution in [0.25, 0.3) is 0 Å². The minimum Gasteiger partial charge on any atom is -0.131 e. The van der Waals surface area contributed by atoms with Crippen LogP contribution in [0.1, 0.15) is 39.0 Å². The van der Waals surface area contributed by atoms with Gasteiger partial charge in [0.05, 0.1) is 0 Å². The van der Waals surface area contributed by atoms with Crippen molar-refractivity contribution in [2.24, 2.45) is 0 Å². The van der Waals surface area contributed by atoms with Crippen molar-refractivity contribution >= 4 is 11.8 Å². The Balaban J connectivity index is 2.18. The van der Waals surface area contributed by atoms with Crippen molar-refractivity contribution in [1.29, 1.82) is 0 Å². The Labute approximate surface area is 68.1 Å². The van der Waals surface area contributed by atoms with E-state index in [0.717, 1.165) is 0 Å². The molecule has 0 aliphatic heterocycles. The zero-order valence-corrected chi connectivity index (χ0v) is 7.54. The van der Waals surface area contributed by atoms with Crippen molar-refractivity contribution in [3.05, 3.63) is 11.0 Å². The molecule has 0 heterocycles. The second-order valence-corrected chi connectivity index (χ2v) is 3.99. The lowest BCUT2D eigenvalue weighted by atomic mass is 10.1. The summed E-state index contributed by atoms with van der Waals surface area (Å²) in [5.41, 5.74) is 0. The van der Waals surface area contributed by atoms with Crippen LogP contribution < -0.4 is 0 Å². The van der Waals surface area contributed by atoms with E-state index in [-0.39, 0.29) is 0 Å². The van der Waals surface area contributed by atoms with Gasteiger partial charge in [0, 0.05) is 0 Å². The molecular formula is C9H16S. The maximum absolute atomic E-state index is 2.42. The molecule has 0 amide bonds. The van der Waals surface area contributed by atoms with Crippen LogP contribution in [0.3, 0.4) is 0 Å². The first-order valence-electron chi connectivity index (χ1n) is 4.25. The molecule has 0 radical (unpaired) electrons. The minimum absolute atomic E-state index is 1.31. The summed E-state index contributed by atoms with van der Waals surface area (Å²) in [5, 5.41) is 0. The Morgan fingerprint density at radius 2 is 2.40 bits per heavy atom. The Hall–Kier alpha value is 0.0900. The average Bonchev–Trinajstić information content (AvgIpc) is 2.03. The lowest BCUT2D eigenvalue weighted by Crippen LogP contribution is -1.88. The Kier molecular flexibility index (Phi) is 3.96. The van der Waals surface area contributed by atoms with Gasteiger partial charge in [0.25, 0.3) is 0 Å². The van der Waals surface area contributed by atoms with Gasteiger partial charge < -0.3 is 0 Å². The fraction of sp³-hybridized carbons (Fsp3) is 0.778. The molecule has 0 atom stereocenters. The molecule has 0 aromatic rings. The van der Waals surface area contributed by atoms with Crippen LogP contribution in [0.4, 0.5) is 0 Å². The first kappa shape index (κ1) is 8.19. The van der Waals surface area contributed by atoms with Gasteiger partial charge in [-0.3, -0.25) is 0 Å². The summed E-state index contributed by atoms with van der Waals surface area (Å²) in [4.78, 5) is 1.65. The number of allylic oxidation sites excluding steroid dienone is 2. The van der Waals surface area contributed by atoms with E-state index in [1.54, 1.807) is 4.91 Å². The van der Waals surface area contributed by atoms with E-state index >= 15 is 0 Å². The number of hydrogen-bond acceptors (Lipinski definition) is 1. The maximum Gasteiger partial charge on any atom is -0.00260 e. The van der Waals surface area contributed by atoms with E-state index in [1.807, 2.05) is 0 Å². The molecule has 0 aromatic carbocycles. The summed E-state index contributed by atoms with van der Waals surface area (Å²) < 4.78 is 0. The maximum atomic E-state index is 2.42. The summed E-state index contributed by atoms with van der Waals surface area (Å²) in [6.07, 6.45) is 9.24. The van der Waals surface area contributed by atoms with Gasteiger partial charge in [0.1, 0.15) is 0 Å². The third-order valence-corrected chi connectivity index (χ3v) is 3.09. The molecule has 10 heavy (non-hydrogen) atoms. The zero-order valence-electron chi connectivity index (χ0n) is 6.73. The third-order valence-electron chi connectivity index (χ3n) is 1.74. The number of thioether (sulfide) groups is 1. The monoisotopic (exact) mass is 156 g/mol. The van der Waals surface area contributed by atoms with Crippen LogP contribution in [0.15, 0.2) is 11.0 Å². The van der Waals surface area contributed by atoms with Crippen LogP contribution >= 0.6 is 11.8 Å². The predicted octanol–water partition coefficient (Wildman–Crippen LogP) is 3.59. The lowest BCUT2D eigenvalue weighted by Gasteiger charge is -2.10. The largest absolute Gasteiger partial charge is 0.131 e. The van der Waals surface area contributed by atoms with Gasteiger partial charge >= 0.3 is 0 Å². The minimum atomic E-state index is 1.31. The lowest BCUT2D eigenvalue weighted by molar-refractivity contribution is 0.723. The predicted molar refractivity (Wildman–Crippen MR) is 49.3 cm³/mol. The molecule has 0 bridgehead atoms. The Bertz CT molecular complexity index is 116. The highest BCUT2D eigenvalue weighted by atomic mass is 32.2. The van der Waals surface area contributed by atoms with Crippen molar-refractivity contribution in [2.75, 3.05) is 5.75 Å². The summed E-state index contributed by atoms with van der Waals surface area (Å²) in [5.74, 6) is 1.31. The standard InChI is InChI=1S/C9H16S/c1-2-8-10-9-6-4-3-5-7-9/h6H,2-5,7-8H2,1H3. The molecule has 58 valence electrons. The van der Waals surface area contributed by atoms with Gasteiger partial charge in [-0.25, -0.2) is 0 Å². The average molecular weight is 156 g/mol. The van der Waals surface area contributed by atoms with Gasteiger partial charge in [-0.1, -0.05) is 13.0 Å². The third kappa shape index (κ3) is 2.78. The van der Waals surface area contributed by atoms with Gasteiger partial charge in [0.2, 0.25) is 0 Å². The summed E-state index contributed by atoms with van der Waals surface area (Å²) in [6.45, 7) is 2.25. The molecule has 0 saturated carbocycles. The van der Waals surface area contributed by atoms with Crippen molar-refractivity contribution in [1.82, 2.24) is 0 Å². The number of rotatable bonds is 3. The topological polar surface area (TPSA) is 0 Å². The van der Waals surface area contributed by atoms with E-state index in [1.165, 1.54) is 37.9 Å². The molecule has 0 N–H and O–H groups in total. The van der Waals surface area contributed by atoms with Crippen LogP contribution in [0.2, 0.25) is 0 Å². The fourth-order valence-electron chi connectivity index (χ4n) is 1.17. The summed E-state index contributed by atoms with van der Waals surface area (Å²) >= 11 is 2.06. The van der Waals surface area contributed by atoms with Crippen molar-refractivity contribution < 1.29 is 0 Å². The normalized spacial score (nSPS) is 18.7. The molecule has 0 nitrogen and oxygen atoms in total.